The van der Waals surface area contributed by atoms with Gasteiger partial charge in [0.15, 0.2) is 0 Å². The third kappa shape index (κ3) is 0.914. The maximum atomic E-state index is 5.74. The molecular formula is C8H14N4. The lowest BCUT2D eigenvalue weighted by molar-refractivity contribution is 0.247. The number of hydrogen-bond acceptors (Lipinski definition) is 3. The predicted octanol–water partition coefficient (Wildman–Crippen LogP) is 0.541. The zero-order chi connectivity index (χ0) is 8.72. The van der Waals surface area contributed by atoms with E-state index in [1.807, 2.05) is 0 Å². The van der Waals surface area contributed by atoms with Gasteiger partial charge in [-0.05, 0) is 14.0 Å². The molecule has 66 valence electrons. The molecule has 1 aromatic heterocycles. The first-order chi connectivity index (χ1) is 5.70. The van der Waals surface area contributed by atoms with Crippen molar-refractivity contribution < 1.29 is 0 Å². The zero-order valence-electron chi connectivity index (χ0n) is 7.46. The highest BCUT2D eigenvalue weighted by atomic mass is 15.2. The second-order valence-corrected chi connectivity index (χ2v) is 3.41. The number of nitrogens with one attached hydrogen (secondary N) is 1. The van der Waals surface area contributed by atoms with Crippen LogP contribution in [0.1, 0.15) is 24.2 Å². The van der Waals surface area contributed by atoms with Gasteiger partial charge in [-0.3, -0.25) is 10.00 Å². The highest BCUT2D eigenvalue weighted by Gasteiger charge is 2.25. The second-order valence-electron chi connectivity index (χ2n) is 3.41. The number of hydrogen-bond donors (Lipinski definition) is 2. The van der Waals surface area contributed by atoms with Crippen LogP contribution < -0.4 is 5.73 Å². The molecule has 4 nitrogen and oxygen atoms in total. The molecule has 0 bridgehead atoms. The van der Waals surface area contributed by atoms with Gasteiger partial charge in [-0.2, -0.15) is 5.10 Å². The number of likely N-dealkylation sites (N-methyl/N-ethyl adjacent to an activating group) is 1. The van der Waals surface area contributed by atoms with Gasteiger partial charge in [0, 0.05) is 30.3 Å². The fraction of sp³-hybridized carbons (Fsp3) is 0.625. The van der Waals surface area contributed by atoms with E-state index in [9.17, 15) is 0 Å². The number of aromatic amines is 1. The van der Waals surface area contributed by atoms with Gasteiger partial charge in [-0.25, -0.2) is 0 Å². The first-order valence-electron chi connectivity index (χ1n) is 4.23. The molecule has 0 aliphatic carbocycles. The average molecular weight is 166 g/mol. The van der Waals surface area contributed by atoms with Crippen LogP contribution in [0.5, 0.6) is 0 Å². The third-order valence-electron chi connectivity index (χ3n) is 2.71. The Bertz CT molecular complexity index is 291. The molecule has 2 heterocycles. The van der Waals surface area contributed by atoms with Crippen LogP contribution in [0.4, 0.5) is 5.82 Å². The summed E-state index contributed by atoms with van der Waals surface area (Å²) in [6.07, 6.45) is 1.03. The van der Waals surface area contributed by atoms with Gasteiger partial charge < -0.3 is 5.73 Å². The summed E-state index contributed by atoms with van der Waals surface area (Å²) in [6, 6.07) is 0.396. The van der Waals surface area contributed by atoms with Gasteiger partial charge in [-0.15, -0.1) is 0 Å². The van der Waals surface area contributed by atoms with Crippen molar-refractivity contribution in [3.63, 3.8) is 0 Å². The van der Waals surface area contributed by atoms with Crippen LogP contribution in [0.3, 0.4) is 0 Å². The Morgan fingerprint density at radius 1 is 1.67 bits per heavy atom. The number of nitrogen functional groups attached to an aromatic ring is 1. The third-order valence-corrected chi connectivity index (χ3v) is 2.71. The number of H-pyrrole nitrogens is 1. The van der Waals surface area contributed by atoms with Gasteiger partial charge in [0.2, 0.25) is 0 Å². The van der Waals surface area contributed by atoms with E-state index in [1.165, 1.54) is 11.3 Å². The molecule has 0 spiro atoms. The number of aromatic nitrogens is 2. The SMILES string of the molecule is CC1c2c(N)n[nH]c2CCN1C. The summed E-state index contributed by atoms with van der Waals surface area (Å²) < 4.78 is 0. The van der Waals surface area contributed by atoms with E-state index < -0.39 is 0 Å². The van der Waals surface area contributed by atoms with E-state index in [4.69, 9.17) is 5.73 Å². The number of nitrogens with two attached hydrogens (primary N) is 1. The van der Waals surface area contributed by atoms with Crippen LogP contribution in [-0.4, -0.2) is 28.7 Å². The van der Waals surface area contributed by atoms with Crippen molar-refractivity contribution in [2.75, 3.05) is 19.3 Å². The summed E-state index contributed by atoms with van der Waals surface area (Å²) in [5.41, 5.74) is 8.14. The van der Waals surface area contributed by atoms with Crippen molar-refractivity contribution in [2.24, 2.45) is 0 Å². The molecule has 1 unspecified atom stereocenters. The van der Waals surface area contributed by atoms with Gasteiger partial charge >= 0.3 is 0 Å². The van der Waals surface area contributed by atoms with Crippen molar-refractivity contribution in [3.05, 3.63) is 11.3 Å². The molecule has 0 amide bonds. The Kier molecular flexibility index (Phi) is 1.58. The van der Waals surface area contributed by atoms with Crippen molar-refractivity contribution >= 4 is 5.82 Å². The average Bonchev–Trinajstić information content (AvgIpc) is 2.41. The lowest BCUT2D eigenvalue weighted by Gasteiger charge is -2.29. The Morgan fingerprint density at radius 3 is 3.17 bits per heavy atom. The molecule has 1 aromatic rings. The molecule has 12 heavy (non-hydrogen) atoms. The smallest absolute Gasteiger partial charge is 0.150 e. The second kappa shape index (κ2) is 2.48. The quantitative estimate of drug-likeness (QED) is 0.591. The Labute approximate surface area is 71.7 Å². The van der Waals surface area contributed by atoms with Crippen LogP contribution in [0.25, 0.3) is 0 Å². The molecule has 0 radical (unpaired) electrons. The number of rotatable bonds is 0. The lowest BCUT2D eigenvalue weighted by atomic mass is 10.0. The van der Waals surface area contributed by atoms with Crippen LogP contribution in [0, 0.1) is 0 Å². The van der Waals surface area contributed by atoms with Crippen molar-refractivity contribution in [1.29, 1.82) is 0 Å². The van der Waals surface area contributed by atoms with Crippen molar-refractivity contribution in [1.82, 2.24) is 15.1 Å². The minimum atomic E-state index is 0.396. The Balaban J connectivity index is 2.45. The molecule has 1 atom stereocenters. The monoisotopic (exact) mass is 166 g/mol. The van der Waals surface area contributed by atoms with E-state index in [0.29, 0.717) is 11.9 Å². The largest absolute Gasteiger partial charge is 0.382 e. The zero-order valence-corrected chi connectivity index (χ0v) is 7.46. The van der Waals surface area contributed by atoms with Gasteiger partial charge in [0.1, 0.15) is 5.82 Å². The molecule has 3 N–H and O–H groups in total. The number of nitrogens with zero attached hydrogens (tertiary/aromatic N) is 2. The minimum absolute atomic E-state index is 0.396. The van der Waals surface area contributed by atoms with Crippen LogP contribution in [-0.2, 0) is 6.42 Å². The summed E-state index contributed by atoms with van der Waals surface area (Å²) in [4.78, 5) is 2.29. The van der Waals surface area contributed by atoms with Gasteiger partial charge in [-0.1, -0.05) is 0 Å². The van der Waals surface area contributed by atoms with Gasteiger partial charge in [0.05, 0.1) is 0 Å². The van der Waals surface area contributed by atoms with Gasteiger partial charge in [0.25, 0.3) is 0 Å². The van der Waals surface area contributed by atoms with Crippen molar-refractivity contribution in [3.8, 4) is 0 Å². The molecule has 0 aromatic carbocycles. The molecular weight excluding hydrogens is 152 g/mol. The van der Waals surface area contributed by atoms with E-state index in [-0.39, 0.29) is 0 Å². The summed E-state index contributed by atoms with van der Waals surface area (Å²) >= 11 is 0. The van der Waals surface area contributed by atoms with E-state index in [1.54, 1.807) is 0 Å². The maximum Gasteiger partial charge on any atom is 0.150 e. The highest BCUT2D eigenvalue weighted by molar-refractivity contribution is 5.45. The molecule has 1 aliphatic heterocycles. The van der Waals surface area contributed by atoms with E-state index >= 15 is 0 Å². The Hall–Kier alpha value is -1.03. The fourth-order valence-electron chi connectivity index (χ4n) is 1.76. The topological polar surface area (TPSA) is 57.9 Å². The first kappa shape index (κ1) is 7.61. The molecule has 1 aliphatic rings. The highest BCUT2D eigenvalue weighted by Crippen LogP contribution is 2.30. The van der Waals surface area contributed by atoms with Crippen LogP contribution in [0.2, 0.25) is 0 Å². The van der Waals surface area contributed by atoms with Crippen molar-refractivity contribution in [2.45, 2.75) is 19.4 Å². The summed E-state index contributed by atoms with van der Waals surface area (Å²) in [5.74, 6) is 0.657. The Morgan fingerprint density at radius 2 is 2.42 bits per heavy atom. The predicted molar refractivity (Wildman–Crippen MR) is 47.7 cm³/mol. The first-order valence-corrected chi connectivity index (χ1v) is 4.23. The summed E-state index contributed by atoms with van der Waals surface area (Å²) in [6.45, 7) is 3.24. The summed E-state index contributed by atoms with van der Waals surface area (Å²) in [5, 5.41) is 6.98. The minimum Gasteiger partial charge on any atom is -0.382 e. The molecule has 4 heteroatoms. The number of fused-ring (bicyclic) bond motifs is 1. The lowest BCUT2D eigenvalue weighted by Crippen LogP contribution is -2.30. The number of anilines is 1. The molecule has 0 saturated carbocycles. The van der Waals surface area contributed by atoms with E-state index in [0.717, 1.165) is 13.0 Å². The maximum absolute atomic E-state index is 5.74. The molecule has 2 rings (SSSR count). The molecule has 0 saturated heterocycles. The van der Waals surface area contributed by atoms with E-state index in [2.05, 4.69) is 29.1 Å². The fourth-order valence-corrected chi connectivity index (χ4v) is 1.76. The molecule has 0 fully saturated rings. The summed E-state index contributed by atoms with van der Waals surface area (Å²) in [7, 11) is 2.11. The van der Waals surface area contributed by atoms with Crippen LogP contribution >= 0.6 is 0 Å². The standard InChI is InChI=1S/C8H14N4/c1-5-7-6(3-4-12(5)2)10-11-8(7)9/h5H,3-4H2,1-2H3,(H3,9,10,11). The normalized spacial score (nSPS) is 24.0. The van der Waals surface area contributed by atoms with Crippen LogP contribution in [0.15, 0.2) is 0 Å².